The zero-order chi connectivity index (χ0) is 45.1. The van der Waals surface area contributed by atoms with Gasteiger partial charge < -0.3 is 20.3 Å². The van der Waals surface area contributed by atoms with E-state index in [-0.39, 0.29) is 18.5 Å². The molecule has 0 spiro atoms. The second-order valence-electron chi connectivity index (χ2n) is 19.3. The number of aliphatic hydroxyl groups is 2. The molecule has 0 aliphatic heterocycles. The number of carbonyl (C=O) groups excluding carboxylic acids is 2. The zero-order valence-electron chi connectivity index (χ0n) is 41.9. The first-order valence-electron chi connectivity index (χ1n) is 27.9. The zero-order valence-corrected chi connectivity index (χ0v) is 41.9. The number of unbranched alkanes of at least 4 members (excludes halogenated alkanes) is 39. The van der Waals surface area contributed by atoms with Crippen LogP contribution in [0.4, 0.5) is 0 Å². The maximum atomic E-state index is 12.4. The molecule has 1 amide bonds. The maximum absolute atomic E-state index is 12.4. The van der Waals surface area contributed by atoms with E-state index in [1.807, 2.05) is 0 Å². The van der Waals surface area contributed by atoms with E-state index in [1.165, 1.54) is 238 Å². The minimum Gasteiger partial charge on any atom is -0.466 e. The molecule has 3 N–H and O–H groups in total. The Morgan fingerprint density at radius 3 is 1.15 bits per heavy atom. The van der Waals surface area contributed by atoms with E-state index in [0.29, 0.717) is 25.9 Å². The predicted molar refractivity (Wildman–Crippen MR) is 269 cm³/mol. The summed E-state index contributed by atoms with van der Waals surface area (Å²) in [5.74, 6) is -0.0355. The van der Waals surface area contributed by atoms with Gasteiger partial charge in [0.25, 0.3) is 0 Å². The van der Waals surface area contributed by atoms with E-state index in [0.717, 1.165) is 38.5 Å². The lowest BCUT2D eigenvalue weighted by molar-refractivity contribution is -0.143. The van der Waals surface area contributed by atoms with Crippen LogP contribution in [0, 0.1) is 0 Å². The summed E-state index contributed by atoms with van der Waals surface area (Å²) in [4.78, 5) is 24.4. The Hall–Kier alpha value is -1.40. The number of hydrogen-bond acceptors (Lipinski definition) is 5. The predicted octanol–water partition coefficient (Wildman–Crippen LogP) is 16.9. The average Bonchev–Trinajstić information content (AvgIpc) is 3.27. The summed E-state index contributed by atoms with van der Waals surface area (Å²) in [5.41, 5.74) is 0. The van der Waals surface area contributed by atoms with Crippen molar-refractivity contribution in [3.05, 3.63) is 12.2 Å². The first kappa shape index (κ1) is 60.6. The van der Waals surface area contributed by atoms with Gasteiger partial charge in [0.05, 0.1) is 25.4 Å². The average molecular weight is 876 g/mol. The molecule has 0 aromatic rings. The molecule has 0 bridgehead atoms. The molecule has 368 valence electrons. The summed E-state index contributed by atoms with van der Waals surface area (Å²) >= 11 is 0. The Kier molecular flexibility index (Phi) is 51.0. The summed E-state index contributed by atoms with van der Waals surface area (Å²) in [6.45, 7) is 4.94. The molecule has 0 aromatic carbocycles. The van der Waals surface area contributed by atoms with Gasteiger partial charge in [-0.1, -0.05) is 257 Å². The van der Waals surface area contributed by atoms with E-state index >= 15 is 0 Å². The normalized spacial score (nSPS) is 12.6. The lowest BCUT2D eigenvalue weighted by atomic mass is 10.0. The number of allylic oxidation sites excluding steroid dienone is 2. The summed E-state index contributed by atoms with van der Waals surface area (Å²) in [7, 11) is 0. The molecule has 0 fully saturated rings. The van der Waals surface area contributed by atoms with Crippen molar-refractivity contribution in [2.75, 3.05) is 13.2 Å². The smallest absolute Gasteiger partial charge is 0.305 e. The van der Waals surface area contributed by atoms with E-state index in [9.17, 15) is 19.8 Å². The van der Waals surface area contributed by atoms with Crippen LogP contribution in [-0.4, -0.2) is 47.4 Å². The van der Waals surface area contributed by atoms with Crippen LogP contribution < -0.4 is 5.32 Å². The minimum absolute atomic E-state index is 0.00977. The van der Waals surface area contributed by atoms with Gasteiger partial charge in [0, 0.05) is 12.8 Å². The van der Waals surface area contributed by atoms with Crippen molar-refractivity contribution >= 4 is 11.9 Å². The SMILES string of the molecule is CCCCCCCCCCCCCCCCCCC(=O)OCCCCCCCCCCC/C=C\CCCCCCCCCC(=O)NC(CO)C(O)CCCCCCCCCCC. The van der Waals surface area contributed by atoms with Crippen LogP contribution in [0.5, 0.6) is 0 Å². The molecule has 0 rings (SSSR count). The third kappa shape index (κ3) is 48.1. The second-order valence-corrected chi connectivity index (χ2v) is 19.3. The third-order valence-corrected chi connectivity index (χ3v) is 13.1. The Morgan fingerprint density at radius 1 is 0.435 bits per heavy atom. The van der Waals surface area contributed by atoms with Crippen molar-refractivity contribution in [3.8, 4) is 0 Å². The molecule has 0 aromatic heterocycles. The molecule has 0 saturated carbocycles. The standard InChI is InChI=1S/C56H109NO5/c1-3-5-7-9-11-13-14-15-16-24-27-30-34-38-42-46-50-56(61)62-51-47-43-39-35-31-28-25-22-20-18-17-19-21-23-26-29-33-37-41-45-49-55(60)57-53(52-58)54(59)48-44-40-36-32-12-10-8-6-4-2/h17,19,53-54,58-59H,3-16,18,20-52H2,1-2H3,(H,57,60)/b19-17-. The number of aliphatic hydroxyl groups excluding tert-OH is 2. The van der Waals surface area contributed by atoms with Gasteiger partial charge in [-0.2, -0.15) is 0 Å². The molecular weight excluding hydrogens is 767 g/mol. The van der Waals surface area contributed by atoms with E-state index < -0.39 is 12.1 Å². The third-order valence-electron chi connectivity index (χ3n) is 13.1. The minimum atomic E-state index is -0.666. The number of nitrogens with one attached hydrogen (secondary N) is 1. The summed E-state index contributed by atoms with van der Waals surface area (Å²) in [6, 6.07) is -0.544. The molecule has 6 heteroatoms. The van der Waals surface area contributed by atoms with Crippen molar-refractivity contribution in [3.63, 3.8) is 0 Å². The van der Waals surface area contributed by atoms with Crippen molar-refractivity contribution in [2.24, 2.45) is 0 Å². The summed E-state index contributed by atoms with van der Waals surface area (Å²) in [6.07, 6.45) is 60.6. The number of carbonyl (C=O) groups is 2. The van der Waals surface area contributed by atoms with Crippen molar-refractivity contribution in [1.29, 1.82) is 0 Å². The van der Waals surface area contributed by atoms with Gasteiger partial charge in [-0.25, -0.2) is 0 Å². The fourth-order valence-corrected chi connectivity index (χ4v) is 8.75. The molecule has 2 atom stereocenters. The molecule has 0 aliphatic rings. The van der Waals surface area contributed by atoms with Crippen LogP contribution in [0.3, 0.4) is 0 Å². The van der Waals surface area contributed by atoms with Gasteiger partial charge in [-0.15, -0.1) is 0 Å². The van der Waals surface area contributed by atoms with E-state index in [1.54, 1.807) is 0 Å². The molecule has 0 radical (unpaired) electrons. The molecular formula is C56H109NO5. The highest BCUT2D eigenvalue weighted by atomic mass is 16.5. The van der Waals surface area contributed by atoms with Crippen LogP contribution >= 0.6 is 0 Å². The van der Waals surface area contributed by atoms with Gasteiger partial charge in [0.2, 0.25) is 5.91 Å². The molecule has 0 saturated heterocycles. The van der Waals surface area contributed by atoms with Crippen molar-refractivity contribution in [1.82, 2.24) is 5.32 Å². The molecule has 6 nitrogen and oxygen atoms in total. The quantitative estimate of drug-likeness (QED) is 0.0321. The number of esters is 1. The van der Waals surface area contributed by atoms with Crippen LogP contribution in [0.2, 0.25) is 0 Å². The second kappa shape index (κ2) is 52.2. The summed E-state index contributed by atoms with van der Waals surface area (Å²) in [5, 5.41) is 23.1. The largest absolute Gasteiger partial charge is 0.466 e. The van der Waals surface area contributed by atoms with E-state index in [2.05, 4.69) is 31.3 Å². The van der Waals surface area contributed by atoms with Gasteiger partial charge in [0.15, 0.2) is 0 Å². The fraction of sp³-hybridized carbons (Fsp3) is 0.929. The van der Waals surface area contributed by atoms with Gasteiger partial charge in [-0.05, 0) is 51.4 Å². The lowest BCUT2D eigenvalue weighted by Crippen LogP contribution is -2.45. The number of amides is 1. The summed E-state index contributed by atoms with van der Waals surface area (Å²) < 4.78 is 5.48. The lowest BCUT2D eigenvalue weighted by Gasteiger charge is -2.22. The Bertz CT molecular complexity index is 924. The Morgan fingerprint density at radius 2 is 0.758 bits per heavy atom. The van der Waals surface area contributed by atoms with Crippen LogP contribution in [0.15, 0.2) is 12.2 Å². The Labute approximate surface area is 387 Å². The molecule has 2 unspecified atom stereocenters. The monoisotopic (exact) mass is 876 g/mol. The Balaban J connectivity index is 3.38. The maximum Gasteiger partial charge on any atom is 0.305 e. The van der Waals surface area contributed by atoms with Crippen LogP contribution in [-0.2, 0) is 14.3 Å². The number of hydrogen-bond donors (Lipinski definition) is 3. The highest BCUT2D eigenvalue weighted by Gasteiger charge is 2.20. The van der Waals surface area contributed by atoms with Crippen LogP contribution in [0.25, 0.3) is 0 Å². The van der Waals surface area contributed by atoms with Crippen LogP contribution in [0.1, 0.15) is 309 Å². The number of rotatable bonds is 52. The van der Waals surface area contributed by atoms with Crippen molar-refractivity contribution in [2.45, 2.75) is 321 Å². The van der Waals surface area contributed by atoms with Gasteiger partial charge in [0.1, 0.15) is 0 Å². The highest BCUT2D eigenvalue weighted by Crippen LogP contribution is 2.17. The fourth-order valence-electron chi connectivity index (χ4n) is 8.75. The highest BCUT2D eigenvalue weighted by molar-refractivity contribution is 5.76. The first-order valence-corrected chi connectivity index (χ1v) is 27.9. The van der Waals surface area contributed by atoms with E-state index in [4.69, 9.17) is 4.74 Å². The first-order chi connectivity index (χ1) is 30.5. The van der Waals surface area contributed by atoms with Gasteiger partial charge >= 0.3 is 5.97 Å². The molecule has 0 heterocycles. The molecule has 62 heavy (non-hydrogen) atoms. The molecule has 0 aliphatic carbocycles. The topological polar surface area (TPSA) is 95.9 Å². The van der Waals surface area contributed by atoms with Crippen molar-refractivity contribution < 1.29 is 24.5 Å². The van der Waals surface area contributed by atoms with Gasteiger partial charge in [-0.3, -0.25) is 9.59 Å². The number of ether oxygens (including phenoxy) is 1.